The van der Waals surface area contributed by atoms with E-state index in [0.717, 1.165) is 0 Å². The molecule has 0 amide bonds. The summed E-state index contributed by atoms with van der Waals surface area (Å²) in [5.74, 6) is 1.10. The van der Waals surface area contributed by atoms with E-state index in [1.54, 1.807) is 0 Å². The maximum atomic E-state index is 2.64. The minimum atomic E-state index is -0.0406. The van der Waals surface area contributed by atoms with E-state index in [9.17, 15) is 0 Å². The van der Waals surface area contributed by atoms with Crippen LogP contribution in [0.5, 0.6) is 0 Å². The van der Waals surface area contributed by atoms with Crippen LogP contribution in [-0.2, 0) is 5.41 Å². The van der Waals surface area contributed by atoms with Crippen LogP contribution in [0.25, 0.3) is 16.7 Å². The zero-order chi connectivity index (χ0) is 22.5. The third kappa shape index (κ3) is 2.85. The Morgan fingerprint density at radius 3 is 1.24 bits per heavy atom. The average Bonchev–Trinajstić information content (AvgIpc) is 3.65. The van der Waals surface area contributed by atoms with Crippen LogP contribution in [0, 0.1) is 17.8 Å². The Hall–Kier alpha value is -3.90. The molecular weight excluding hydrogens is 408 g/mol. The van der Waals surface area contributed by atoms with Gasteiger partial charge in [0.15, 0.2) is 0 Å². The largest absolute Gasteiger partial charge is 0.0690 e. The lowest BCUT2D eigenvalue weighted by Gasteiger charge is -2.17. The van der Waals surface area contributed by atoms with Crippen molar-refractivity contribution in [2.45, 2.75) is 5.41 Å². The van der Waals surface area contributed by atoms with Gasteiger partial charge in [0.05, 0.1) is 0 Å². The fourth-order valence-corrected chi connectivity index (χ4v) is 6.52. The Kier molecular flexibility index (Phi) is 4.35. The summed E-state index contributed by atoms with van der Waals surface area (Å²) >= 11 is 0. The second-order valence-electron chi connectivity index (χ2n) is 9.72. The number of benzene rings is 4. The highest BCUT2D eigenvalue weighted by atomic mass is 14.7. The van der Waals surface area contributed by atoms with E-state index < -0.39 is 0 Å². The van der Waals surface area contributed by atoms with E-state index in [4.69, 9.17) is 0 Å². The van der Waals surface area contributed by atoms with Gasteiger partial charge in [0.25, 0.3) is 0 Å². The normalized spacial score (nSPS) is 26.6. The van der Waals surface area contributed by atoms with Gasteiger partial charge < -0.3 is 0 Å². The van der Waals surface area contributed by atoms with Gasteiger partial charge in [0.2, 0.25) is 0 Å². The molecule has 0 nitrogen and oxygen atoms in total. The van der Waals surface area contributed by atoms with E-state index in [2.05, 4.69) is 140 Å². The Morgan fingerprint density at radius 2 is 0.794 bits per heavy atom. The summed E-state index contributed by atoms with van der Waals surface area (Å²) in [5, 5.41) is 0. The molecule has 0 N–H and O–H groups in total. The highest BCUT2D eigenvalue weighted by Crippen LogP contribution is 2.73. The van der Waals surface area contributed by atoms with E-state index in [1.807, 2.05) is 0 Å². The zero-order valence-electron chi connectivity index (χ0n) is 19.0. The van der Waals surface area contributed by atoms with Crippen molar-refractivity contribution >= 4 is 16.7 Å². The van der Waals surface area contributed by atoms with Gasteiger partial charge in [0, 0.05) is 23.2 Å². The lowest BCUT2D eigenvalue weighted by atomic mass is 9.86. The summed E-state index contributed by atoms with van der Waals surface area (Å²) in [6.45, 7) is 0. The quantitative estimate of drug-likeness (QED) is 0.305. The van der Waals surface area contributed by atoms with Crippen molar-refractivity contribution in [3.05, 3.63) is 162 Å². The summed E-state index contributed by atoms with van der Waals surface area (Å²) < 4.78 is 0. The van der Waals surface area contributed by atoms with Crippen molar-refractivity contribution < 1.29 is 0 Å². The van der Waals surface area contributed by atoms with Crippen molar-refractivity contribution in [1.82, 2.24) is 0 Å². The van der Waals surface area contributed by atoms with Crippen molar-refractivity contribution in [1.29, 1.82) is 0 Å². The molecule has 2 atom stereocenters. The van der Waals surface area contributed by atoms with E-state index in [-0.39, 0.29) is 11.3 Å². The molecule has 0 aliphatic heterocycles. The molecule has 8 rings (SSSR count). The first-order valence-corrected chi connectivity index (χ1v) is 12.2. The van der Waals surface area contributed by atoms with Gasteiger partial charge >= 0.3 is 0 Å². The fourth-order valence-electron chi connectivity index (χ4n) is 6.52. The minimum Gasteiger partial charge on any atom is -0.0690 e. The van der Waals surface area contributed by atoms with E-state index in [0.29, 0.717) is 11.8 Å². The number of allylic oxidation sites excluding steroid dienone is 6. The van der Waals surface area contributed by atoms with E-state index in [1.165, 1.54) is 39.0 Å². The molecule has 0 radical (unpaired) electrons. The average molecular weight is 435 g/mol. The fraction of sp³-hybridized carbons (Fsp3) is 0.118. The molecule has 4 aromatic carbocycles. The van der Waals surface area contributed by atoms with Gasteiger partial charge in [-0.25, -0.2) is 0 Å². The van der Waals surface area contributed by atoms with Crippen LogP contribution >= 0.6 is 0 Å². The monoisotopic (exact) mass is 434 g/mol. The van der Waals surface area contributed by atoms with Crippen molar-refractivity contribution in [2.24, 2.45) is 17.8 Å². The minimum absolute atomic E-state index is 0.0406. The number of hydrogen-bond donors (Lipinski definition) is 0. The first-order chi connectivity index (χ1) is 16.9. The Labute approximate surface area is 201 Å². The van der Waals surface area contributed by atoms with Crippen LogP contribution < -0.4 is 0 Å². The van der Waals surface area contributed by atoms with Gasteiger partial charge in [-0.3, -0.25) is 0 Å². The standard InChI is InChI=1S/C34H26/c1-5-13-24(14-6-1)29-21-27-22-30(25-15-7-2-8-16-25)33-32(29)34(33,28-19-11-4-12-20-28)23-31(27)26-17-9-3-10-18-26/h1-23,27,32-33H/t27?,32-,33-,34?/m0/s1. The molecule has 162 valence electrons. The molecule has 0 spiro atoms. The predicted molar refractivity (Wildman–Crippen MR) is 142 cm³/mol. The molecule has 4 aliphatic carbocycles. The Balaban J connectivity index is 1.52. The van der Waals surface area contributed by atoms with Crippen LogP contribution in [0.3, 0.4) is 0 Å². The summed E-state index contributed by atoms with van der Waals surface area (Å²) in [7, 11) is 0. The summed E-state index contributed by atoms with van der Waals surface area (Å²) in [6, 6.07) is 44.3. The Bertz CT molecular complexity index is 1360. The molecular formula is C34H26. The van der Waals surface area contributed by atoms with Crippen molar-refractivity contribution in [3.63, 3.8) is 0 Å². The molecule has 1 saturated carbocycles. The summed E-state index contributed by atoms with van der Waals surface area (Å²) in [4.78, 5) is 0. The third-order valence-electron chi connectivity index (χ3n) is 7.99. The van der Waals surface area contributed by atoms with Gasteiger partial charge in [0.1, 0.15) is 0 Å². The van der Waals surface area contributed by atoms with Gasteiger partial charge in [-0.15, -0.1) is 0 Å². The molecule has 0 saturated heterocycles. The lowest BCUT2D eigenvalue weighted by Crippen LogP contribution is -2.10. The lowest BCUT2D eigenvalue weighted by molar-refractivity contribution is 0.818. The zero-order valence-corrected chi connectivity index (χ0v) is 19.0. The molecule has 0 heteroatoms. The van der Waals surface area contributed by atoms with Crippen molar-refractivity contribution in [3.8, 4) is 0 Å². The maximum absolute atomic E-state index is 2.64. The van der Waals surface area contributed by atoms with Crippen LogP contribution in [-0.4, -0.2) is 0 Å². The highest BCUT2D eigenvalue weighted by molar-refractivity contribution is 5.93. The Morgan fingerprint density at radius 1 is 0.412 bits per heavy atom. The predicted octanol–water partition coefficient (Wildman–Crippen LogP) is 8.06. The second kappa shape index (κ2) is 7.57. The first-order valence-electron chi connectivity index (χ1n) is 12.2. The summed E-state index contributed by atoms with van der Waals surface area (Å²) in [5.41, 5.74) is 9.81. The second-order valence-corrected chi connectivity index (χ2v) is 9.72. The molecule has 34 heavy (non-hydrogen) atoms. The topological polar surface area (TPSA) is 0 Å². The van der Waals surface area contributed by atoms with E-state index >= 15 is 0 Å². The molecule has 0 unspecified atom stereocenters. The smallest absolute Gasteiger partial charge is 0.0288 e. The molecule has 1 fully saturated rings. The molecule has 4 bridgehead atoms. The van der Waals surface area contributed by atoms with Gasteiger partial charge in [-0.2, -0.15) is 0 Å². The van der Waals surface area contributed by atoms with Gasteiger partial charge in [-0.05, 0) is 39.0 Å². The van der Waals surface area contributed by atoms with Gasteiger partial charge in [-0.1, -0.05) is 140 Å². The molecule has 4 aromatic rings. The van der Waals surface area contributed by atoms with Crippen LogP contribution in [0.2, 0.25) is 0 Å². The third-order valence-corrected chi connectivity index (χ3v) is 7.99. The first kappa shape index (κ1) is 19.6. The van der Waals surface area contributed by atoms with Crippen molar-refractivity contribution in [2.75, 3.05) is 0 Å². The number of rotatable bonds is 4. The molecule has 4 aliphatic rings. The van der Waals surface area contributed by atoms with Crippen LogP contribution in [0.1, 0.15) is 22.3 Å². The molecule has 0 aromatic heterocycles. The molecule has 0 heterocycles. The van der Waals surface area contributed by atoms with Crippen LogP contribution in [0.15, 0.2) is 140 Å². The summed E-state index contributed by atoms with van der Waals surface area (Å²) in [6.07, 6.45) is 7.75. The maximum Gasteiger partial charge on any atom is 0.0288 e. The number of hydrogen-bond acceptors (Lipinski definition) is 0. The SMILES string of the molecule is C1=C(c2ccccc2)C2C=C(c3ccccc3)[C@H]3[C@H](C(c4ccccc4)=C2)C13c1ccccc1. The highest BCUT2D eigenvalue weighted by Gasteiger charge is 2.68. The van der Waals surface area contributed by atoms with Crippen LogP contribution in [0.4, 0.5) is 0 Å².